The number of nitrogens with zero attached hydrogens (tertiary/aromatic N) is 1. The Balaban J connectivity index is 2.55. The van der Waals surface area contributed by atoms with Crippen LogP contribution in [0.5, 0.6) is 0 Å². The maximum absolute atomic E-state index is 11.7. The molecule has 0 unspecified atom stereocenters. The van der Waals surface area contributed by atoms with Gasteiger partial charge in [0.25, 0.3) is 5.91 Å². The first kappa shape index (κ1) is 14.2. The van der Waals surface area contributed by atoms with Crippen LogP contribution in [0, 0.1) is 0 Å². The summed E-state index contributed by atoms with van der Waals surface area (Å²) in [5.74, 6) is -0.593. The van der Waals surface area contributed by atoms with Crippen LogP contribution in [0.1, 0.15) is 23.8 Å². The molecule has 0 atom stereocenters. The number of rotatable bonds is 5. The fourth-order valence-electron chi connectivity index (χ4n) is 1.19. The summed E-state index contributed by atoms with van der Waals surface area (Å²) in [5, 5.41) is 5.25. The number of anilines is 1. The molecule has 2 amide bonds. The molecular formula is C11H15ClN4O2. The lowest BCUT2D eigenvalue weighted by molar-refractivity contribution is -0.120. The average molecular weight is 271 g/mol. The van der Waals surface area contributed by atoms with Gasteiger partial charge in [0.1, 0.15) is 11.5 Å². The second-order valence-electron chi connectivity index (χ2n) is 3.60. The zero-order valence-corrected chi connectivity index (χ0v) is 10.8. The first-order valence-corrected chi connectivity index (χ1v) is 5.89. The Morgan fingerprint density at radius 3 is 2.78 bits per heavy atom. The molecule has 0 fully saturated rings. The van der Waals surface area contributed by atoms with Crippen molar-refractivity contribution in [1.29, 1.82) is 0 Å². The van der Waals surface area contributed by atoms with E-state index in [4.69, 9.17) is 17.3 Å². The average Bonchev–Trinajstić information content (AvgIpc) is 2.36. The van der Waals surface area contributed by atoms with E-state index in [0.29, 0.717) is 6.54 Å². The van der Waals surface area contributed by atoms with E-state index in [-0.39, 0.29) is 29.0 Å². The smallest absolute Gasteiger partial charge is 0.271 e. The normalized spacial score (nSPS) is 9.89. The largest absolute Gasteiger partial charge is 0.384 e. The lowest BCUT2D eigenvalue weighted by Gasteiger charge is -2.07. The molecule has 1 heterocycles. The Kier molecular flexibility index (Phi) is 5.38. The minimum atomic E-state index is -0.529. The van der Waals surface area contributed by atoms with Crippen molar-refractivity contribution in [3.05, 3.63) is 22.8 Å². The lowest BCUT2D eigenvalue weighted by Crippen LogP contribution is -2.37. The van der Waals surface area contributed by atoms with E-state index in [2.05, 4.69) is 15.6 Å². The summed E-state index contributed by atoms with van der Waals surface area (Å²) in [7, 11) is 0. The number of carbonyl (C=O) groups excluding carboxylic acids is 2. The van der Waals surface area contributed by atoms with Gasteiger partial charge in [-0.15, -0.1) is 0 Å². The van der Waals surface area contributed by atoms with Gasteiger partial charge in [-0.2, -0.15) is 0 Å². The third kappa shape index (κ3) is 4.21. The van der Waals surface area contributed by atoms with Gasteiger partial charge in [-0.3, -0.25) is 9.59 Å². The number of pyridine rings is 1. The van der Waals surface area contributed by atoms with Crippen molar-refractivity contribution in [3.8, 4) is 0 Å². The summed E-state index contributed by atoms with van der Waals surface area (Å²) in [6.07, 6.45) is 0.836. The maximum atomic E-state index is 11.7. The number of aromatic nitrogens is 1. The number of hydrogen-bond donors (Lipinski definition) is 3. The van der Waals surface area contributed by atoms with Crippen molar-refractivity contribution in [2.75, 3.05) is 18.8 Å². The Morgan fingerprint density at radius 1 is 1.39 bits per heavy atom. The predicted molar refractivity (Wildman–Crippen MR) is 69.3 cm³/mol. The van der Waals surface area contributed by atoms with Gasteiger partial charge >= 0.3 is 0 Å². The Bertz CT molecular complexity index is 451. The lowest BCUT2D eigenvalue weighted by atomic mass is 10.3. The van der Waals surface area contributed by atoms with Crippen LogP contribution in [0.4, 0.5) is 5.82 Å². The van der Waals surface area contributed by atoms with Crippen LogP contribution in [0.25, 0.3) is 0 Å². The minimum absolute atomic E-state index is 0.0139. The first-order valence-electron chi connectivity index (χ1n) is 5.51. The van der Waals surface area contributed by atoms with Crippen LogP contribution in [-0.4, -0.2) is 29.9 Å². The SMILES string of the molecule is CCCNC(=O)CNC(=O)c1nc(N)ccc1Cl. The van der Waals surface area contributed by atoms with Crippen molar-refractivity contribution in [2.45, 2.75) is 13.3 Å². The van der Waals surface area contributed by atoms with Crippen LogP contribution in [0.3, 0.4) is 0 Å². The van der Waals surface area contributed by atoms with E-state index >= 15 is 0 Å². The van der Waals surface area contributed by atoms with E-state index < -0.39 is 5.91 Å². The molecule has 0 aliphatic carbocycles. The molecule has 1 rings (SSSR count). The number of halogens is 1. The topological polar surface area (TPSA) is 97.1 Å². The predicted octanol–water partition coefficient (Wildman–Crippen LogP) is 0.573. The third-order valence-electron chi connectivity index (χ3n) is 2.06. The Hall–Kier alpha value is -1.82. The number of amides is 2. The molecule has 4 N–H and O–H groups in total. The van der Waals surface area contributed by atoms with Crippen LogP contribution in [0.15, 0.2) is 12.1 Å². The molecule has 7 heteroatoms. The summed E-state index contributed by atoms with van der Waals surface area (Å²) < 4.78 is 0. The fourth-order valence-corrected chi connectivity index (χ4v) is 1.38. The van der Waals surface area contributed by atoms with Gasteiger partial charge in [0, 0.05) is 6.54 Å². The second-order valence-corrected chi connectivity index (χ2v) is 4.01. The molecule has 0 bridgehead atoms. The van der Waals surface area contributed by atoms with Crippen LogP contribution in [0.2, 0.25) is 5.02 Å². The molecule has 18 heavy (non-hydrogen) atoms. The summed E-state index contributed by atoms with van der Waals surface area (Å²) in [5.41, 5.74) is 5.47. The molecular weight excluding hydrogens is 256 g/mol. The molecule has 0 saturated carbocycles. The maximum Gasteiger partial charge on any atom is 0.271 e. The second kappa shape index (κ2) is 6.80. The standard InChI is InChI=1S/C11H15ClN4O2/c1-2-5-14-9(17)6-15-11(18)10-7(12)3-4-8(13)16-10/h3-4H,2,5-6H2,1H3,(H2,13,16)(H,14,17)(H,15,18). The molecule has 0 aliphatic rings. The number of hydrogen-bond acceptors (Lipinski definition) is 4. The molecule has 1 aromatic rings. The summed E-state index contributed by atoms with van der Waals surface area (Å²) in [6, 6.07) is 2.98. The van der Waals surface area contributed by atoms with E-state index in [1.165, 1.54) is 12.1 Å². The van der Waals surface area contributed by atoms with Crippen molar-refractivity contribution in [3.63, 3.8) is 0 Å². The van der Waals surface area contributed by atoms with Crippen molar-refractivity contribution >= 4 is 29.2 Å². The number of nitrogens with one attached hydrogen (secondary N) is 2. The van der Waals surface area contributed by atoms with E-state index in [1.54, 1.807) is 0 Å². The molecule has 0 radical (unpaired) electrons. The molecule has 6 nitrogen and oxygen atoms in total. The molecule has 0 spiro atoms. The van der Waals surface area contributed by atoms with Gasteiger partial charge in [0.05, 0.1) is 11.6 Å². The van der Waals surface area contributed by atoms with Gasteiger partial charge in [-0.25, -0.2) is 4.98 Å². The molecule has 0 aromatic carbocycles. The van der Waals surface area contributed by atoms with Gasteiger partial charge in [0.2, 0.25) is 5.91 Å². The highest BCUT2D eigenvalue weighted by Gasteiger charge is 2.13. The van der Waals surface area contributed by atoms with E-state index in [1.807, 2.05) is 6.92 Å². The third-order valence-corrected chi connectivity index (χ3v) is 2.37. The zero-order chi connectivity index (χ0) is 13.5. The first-order chi connectivity index (χ1) is 8.54. The number of nitrogen functional groups attached to an aromatic ring is 1. The van der Waals surface area contributed by atoms with Gasteiger partial charge in [-0.05, 0) is 18.6 Å². The minimum Gasteiger partial charge on any atom is -0.384 e. The van der Waals surface area contributed by atoms with Crippen molar-refractivity contribution < 1.29 is 9.59 Å². The molecule has 1 aromatic heterocycles. The fraction of sp³-hybridized carbons (Fsp3) is 0.364. The van der Waals surface area contributed by atoms with E-state index in [9.17, 15) is 9.59 Å². The van der Waals surface area contributed by atoms with Crippen molar-refractivity contribution in [1.82, 2.24) is 15.6 Å². The molecule has 98 valence electrons. The van der Waals surface area contributed by atoms with Gasteiger partial charge in [0.15, 0.2) is 0 Å². The van der Waals surface area contributed by atoms with Gasteiger partial charge < -0.3 is 16.4 Å². The van der Waals surface area contributed by atoms with Crippen LogP contribution in [-0.2, 0) is 4.79 Å². The summed E-state index contributed by atoms with van der Waals surface area (Å²) in [4.78, 5) is 26.8. The number of nitrogens with two attached hydrogens (primary N) is 1. The quantitative estimate of drug-likeness (QED) is 0.729. The summed E-state index contributed by atoms with van der Waals surface area (Å²) in [6.45, 7) is 2.40. The monoisotopic (exact) mass is 270 g/mol. The highest BCUT2D eigenvalue weighted by atomic mass is 35.5. The zero-order valence-electron chi connectivity index (χ0n) is 10.00. The summed E-state index contributed by atoms with van der Waals surface area (Å²) >= 11 is 5.81. The van der Waals surface area contributed by atoms with Crippen LogP contribution >= 0.6 is 11.6 Å². The molecule has 0 saturated heterocycles. The van der Waals surface area contributed by atoms with Crippen LogP contribution < -0.4 is 16.4 Å². The molecule has 0 aliphatic heterocycles. The number of carbonyl (C=O) groups is 2. The Morgan fingerprint density at radius 2 is 2.11 bits per heavy atom. The van der Waals surface area contributed by atoms with Gasteiger partial charge in [-0.1, -0.05) is 18.5 Å². The highest BCUT2D eigenvalue weighted by Crippen LogP contribution is 2.14. The van der Waals surface area contributed by atoms with E-state index in [0.717, 1.165) is 6.42 Å². The highest BCUT2D eigenvalue weighted by molar-refractivity contribution is 6.33. The Labute approximate surface area is 110 Å². The van der Waals surface area contributed by atoms with Crippen molar-refractivity contribution in [2.24, 2.45) is 0 Å².